The highest BCUT2D eigenvalue weighted by molar-refractivity contribution is 7.09. The lowest BCUT2D eigenvalue weighted by molar-refractivity contribution is 0.286. The molecule has 0 bridgehead atoms. The van der Waals surface area contributed by atoms with Crippen LogP contribution in [0.5, 0.6) is 0 Å². The number of hydrogen-bond acceptors (Lipinski definition) is 5. The van der Waals surface area contributed by atoms with Crippen LogP contribution in [0.4, 0.5) is 0 Å². The van der Waals surface area contributed by atoms with E-state index in [0.29, 0.717) is 12.4 Å². The van der Waals surface area contributed by atoms with E-state index < -0.39 is 0 Å². The quantitative estimate of drug-likeness (QED) is 0.912. The normalized spacial score (nSPS) is 13.7. The second-order valence-electron chi connectivity index (χ2n) is 6.00. The van der Waals surface area contributed by atoms with E-state index in [4.69, 9.17) is 10.3 Å². The van der Waals surface area contributed by atoms with Gasteiger partial charge in [0, 0.05) is 17.8 Å². The first-order valence-corrected chi connectivity index (χ1v) is 7.41. The van der Waals surface area contributed by atoms with Crippen LogP contribution in [0, 0.1) is 5.41 Å². The minimum absolute atomic E-state index is 0.143. The van der Waals surface area contributed by atoms with Crippen molar-refractivity contribution in [3.8, 4) is 0 Å². The lowest BCUT2D eigenvalue weighted by atomic mass is 9.84. The van der Waals surface area contributed by atoms with Gasteiger partial charge in [0.1, 0.15) is 0 Å². The fraction of sp³-hybridized carbons (Fsp3) is 0.571. The van der Waals surface area contributed by atoms with Gasteiger partial charge in [0.25, 0.3) is 0 Å². The van der Waals surface area contributed by atoms with Crippen molar-refractivity contribution in [3.05, 3.63) is 34.1 Å². The van der Waals surface area contributed by atoms with Gasteiger partial charge in [-0.25, -0.2) is 0 Å². The highest BCUT2D eigenvalue weighted by Crippen LogP contribution is 2.29. The van der Waals surface area contributed by atoms with Gasteiger partial charge in [0.05, 0.1) is 5.92 Å². The predicted molar refractivity (Wildman–Crippen MR) is 77.3 cm³/mol. The van der Waals surface area contributed by atoms with Crippen LogP contribution in [0.3, 0.4) is 0 Å². The molecule has 0 aliphatic carbocycles. The molecular weight excluding hydrogens is 258 g/mol. The van der Waals surface area contributed by atoms with Crippen LogP contribution in [0.15, 0.2) is 22.0 Å². The Balaban J connectivity index is 2.06. The van der Waals surface area contributed by atoms with Crippen molar-refractivity contribution in [2.45, 2.75) is 39.5 Å². The molecule has 0 fully saturated rings. The van der Waals surface area contributed by atoms with Crippen molar-refractivity contribution in [1.82, 2.24) is 10.1 Å². The van der Waals surface area contributed by atoms with Gasteiger partial charge >= 0.3 is 0 Å². The summed E-state index contributed by atoms with van der Waals surface area (Å²) in [5, 5.41) is 6.11. The summed E-state index contributed by atoms with van der Waals surface area (Å²) in [6.07, 6.45) is 1.68. The minimum Gasteiger partial charge on any atom is -0.339 e. The molecule has 2 rings (SSSR count). The molecule has 5 heteroatoms. The Bertz CT molecular complexity index is 499. The largest absolute Gasteiger partial charge is 0.339 e. The van der Waals surface area contributed by atoms with E-state index in [2.05, 4.69) is 42.4 Å². The molecule has 2 aromatic rings. The van der Waals surface area contributed by atoms with Crippen LogP contribution in [0.1, 0.15) is 49.7 Å². The van der Waals surface area contributed by atoms with Crippen LogP contribution in [0.2, 0.25) is 0 Å². The van der Waals surface area contributed by atoms with Gasteiger partial charge in [-0.3, -0.25) is 0 Å². The molecule has 2 aromatic heterocycles. The van der Waals surface area contributed by atoms with Crippen LogP contribution < -0.4 is 5.73 Å². The maximum atomic E-state index is 5.83. The van der Waals surface area contributed by atoms with Crippen LogP contribution in [0.25, 0.3) is 0 Å². The third kappa shape index (κ3) is 4.14. The molecule has 19 heavy (non-hydrogen) atoms. The third-order valence-electron chi connectivity index (χ3n) is 2.89. The summed E-state index contributed by atoms with van der Waals surface area (Å²) in [5.74, 6) is 1.55. The Hall–Kier alpha value is -1.20. The number of nitrogens with two attached hydrogens (primary N) is 1. The Morgan fingerprint density at radius 1 is 1.42 bits per heavy atom. The SMILES string of the molecule is CC(C)(C)CC(CN)c1nc(Cc2cccs2)no1. The zero-order valence-corrected chi connectivity index (χ0v) is 12.5. The summed E-state index contributed by atoms with van der Waals surface area (Å²) < 4.78 is 5.38. The Morgan fingerprint density at radius 2 is 2.21 bits per heavy atom. The number of nitrogens with zero attached hydrogens (tertiary/aromatic N) is 2. The second-order valence-corrected chi connectivity index (χ2v) is 7.03. The zero-order valence-electron chi connectivity index (χ0n) is 11.7. The lowest BCUT2D eigenvalue weighted by Crippen LogP contribution is -2.19. The highest BCUT2D eigenvalue weighted by atomic mass is 32.1. The summed E-state index contributed by atoms with van der Waals surface area (Å²) >= 11 is 1.70. The van der Waals surface area contributed by atoms with Crippen molar-refractivity contribution in [3.63, 3.8) is 0 Å². The molecule has 0 amide bonds. The number of rotatable bonds is 5. The monoisotopic (exact) mass is 279 g/mol. The third-order valence-corrected chi connectivity index (χ3v) is 3.77. The van der Waals surface area contributed by atoms with Crippen LogP contribution >= 0.6 is 11.3 Å². The zero-order chi connectivity index (χ0) is 13.9. The molecule has 1 atom stereocenters. The fourth-order valence-corrected chi connectivity index (χ4v) is 2.79. The molecule has 0 saturated carbocycles. The first-order valence-electron chi connectivity index (χ1n) is 6.53. The number of thiophene rings is 1. The van der Waals surface area contributed by atoms with Gasteiger partial charge < -0.3 is 10.3 Å². The van der Waals surface area contributed by atoms with E-state index in [0.717, 1.165) is 18.7 Å². The maximum absolute atomic E-state index is 5.83. The lowest BCUT2D eigenvalue weighted by Gasteiger charge is -2.22. The Kier molecular flexibility index (Phi) is 4.37. The summed E-state index contributed by atoms with van der Waals surface area (Å²) in [6.45, 7) is 7.12. The smallest absolute Gasteiger partial charge is 0.231 e. The average Bonchev–Trinajstić information content (AvgIpc) is 2.97. The van der Waals surface area contributed by atoms with Crippen LogP contribution in [-0.4, -0.2) is 16.7 Å². The fourth-order valence-electron chi connectivity index (χ4n) is 2.08. The van der Waals surface area contributed by atoms with Gasteiger partial charge in [-0.2, -0.15) is 4.98 Å². The molecule has 0 aliphatic rings. The maximum Gasteiger partial charge on any atom is 0.231 e. The van der Waals surface area contributed by atoms with Gasteiger partial charge in [-0.15, -0.1) is 11.3 Å². The minimum atomic E-state index is 0.143. The predicted octanol–water partition coefficient (Wildman–Crippen LogP) is 3.20. The molecule has 0 aromatic carbocycles. The van der Waals surface area contributed by atoms with E-state index in [1.165, 1.54) is 4.88 Å². The van der Waals surface area contributed by atoms with E-state index in [1.54, 1.807) is 11.3 Å². The van der Waals surface area contributed by atoms with Gasteiger partial charge in [-0.05, 0) is 23.3 Å². The molecule has 0 spiro atoms. The molecule has 0 saturated heterocycles. The van der Waals surface area contributed by atoms with Gasteiger partial charge in [-0.1, -0.05) is 32.0 Å². The summed E-state index contributed by atoms with van der Waals surface area (Å²) in [6, 6.07) is 4.11. The molecule has 2 N–H and O–H groups in total. The standard InChI is InChI=1S/C14H21N3OS/c1-14(2,3)8-10(9-15)13-16-12(17-18-13)7-11-5-4-6-19-11/h4-6,10H,7-9,15H2,1-3H3. The molecule has 2 heterocycles. The van der Waals surface area contributed by atoms with E-state index >= 15 is 0 Å². The molecule has 0 aliphatic heterocycles. The summed E-state index contributed by atoms with van der Waals surface area (Å²) in [4.78, 5) is 5.73. The highest BCUT2D eigenvalue weighted by Gasteiger charge is 2.24. The molecular formula is C14H21N3OS. The second kappa shape index (κ2) is 5.84. The Labute approximate surface area is 118 Å². The first kappa shape index (κ1) is 14.2. The topological polar surface area (TPSA) is 64.9 Å². The van der Waals surface area contributed by atoms with Crippen molar-refractivity contribution >= 4 is 11.3 Å². The van der Waals surface area contributed by atoms with E-state index in [1.807, 2.05) is 6.07 Å². The van der Waals surface area contributed by atoms with E-state index in [9.17, 15) is 0 Å². The average molecular weight is 279 g/mol. The summed E-state index contributed by atoms with van der Waals surface area (Å²) in [7, 11) is 0. The molecule has 104 valence electrons. The Morgan fingerprint density at radius 3 is 2.79 bits per heavy atom. The van der Waals surface area contributed by atoms with E-state index in [-0.39, 0.29) is 11.3 Å². The molecule has 0 radical (unpaired) electrons. The summed E-state index contributed by atoms with van der Waals surface area (Å²) in [5.41, 5.74) is 6.03. The van der Waals surface area contributed by atoms with Gasteiger partial charge in [0.15, 0.2) is 5.82 Å². The number of hydrogen-bond donors (Lipinski definition) is 1. The first-order chi connectivity index (χ1) is 8.98. The van der Waals surface area contributed by atoms with Gasteiger partial charge in [0.2, 0.25) is 5.89 Å². The number of aromatic nitrogens is 2. The van der Waals surface area contributed by atoms with Crippen molar-refractivity contribution in [2.75, 3.05) is 6.54 Å². The van der Waals surface area contributed by atoms with Crippen molar-refractivity contribution < 1.29 is 4.52 Å². The van der Waals surface area contributed by atoms with Crippen LogP contribution in [-0.2, 0) is 6.42 Å². The van der Waals surface area contributed by atoms with Crippen molar-refractivity contribution in [1.29, 1.82) is 0 Å². The van der Waals surface area contributed by atoms with Crippen molar-refractivity contribution in [2.24, 2.45) is 11.1 Å². The molecule has 4 nitrogen and oxygen atoms in total. The molecule has 1 unspecified atom stereocenters.